The zero-order chi connectivity index (χ0) is 17.6. The molecule has 0 saturated heterocycles. The minimum absolute atomic E-state index is 0.0288. The van der Waals surface area contributed by atoms with E-state index in [1.807, 2.05) is 0 Å². The molecule has 0 atom stereocenters. The molecule has 0 unspecified atom stereocenters. The third-order valence-electron chi connectivity index (χ3n) is 2.85. The van der Waals surface area contributed by atoms with Crippen molar-refractivity contribution in [2.75, 3.05) is 0 Å². The molecule has 124 valence electrons. The molecular weight excluding hydrogens is 464 g/mol. The summed E-state index contributed by atoms with van der Waals surface area (Å²) in [5.41, 5.74) is -1.01. The Hall–Kier alpha value is -1.28. The fourth-order valence-corrected chi connectivity index (χ4v) is 4.40. The van der Waals surface area contributed by atoms with Crippen molar-refractivity contribution < 1.29 is 30.9 Å². The lowest BCUT2D eigenvalue weighted by atomic mass is 10.0. The van der Waals surface area contributed by atoms with Gasteiger partial charge in [0.05, 0.1) is 4.90 Å². The van der Waals surface area contributed by atoms with E-state index in [1.54, 1.807) is 22.6 Å². The molecule has 0 aliphatic rings. The minimum atomic E-state index is -4.86. The van der Waals surface area contributed by atoms with Gasteiger partial charge in [-0.2, -0.15) is 8.42 Å². The van der Waals surface area contributed by atoms with E-state index in [2.05, 4.69) is 0 Å². The highest BCUT2D eigenvalue weighted by Crippen LogP contribution is 2.38. The van der Waals surface area contributed by atoms with E-state index < -0.39 is 52.6 Å². The fourth-order valence-electron chi connectivity index (χ4n) is 2.01. The molecule has 0 spiro atoms. The van der Waals surface area contributed by atoms with Crippen molar-refractivity contribution >= 4 is 42.7 Å². The van der Waals surface area contributed by atoms with Gasteiger partial charge in [0.25, 0.3) is 10.1 Å². The largest absolute Gasteiger partial charge is 0.508 e. The molecule has 0 bridgehead atoms. The van der Waals surface area contributed by atoms with Crippen LogP contribution in [0.4, 0.5) is 4.39 Å². The summed E-state index contributed by atoms with van der Waals surface area (Å²) in [6.07, 6.45) is 0. The minimum Gasteiger partial charge on any atom is -0.508 e. The van der Waals surface area contributed by atoms with Crippen LogP contribution in [-0.4, -0.2) is 26.5 Å². The summed E-state index contributed by atoms with van der Waals surface area (Å²) in [6.45, 7) is 0. The van der Waals surface area contributed by atoms with Crippen LogP contribution in [-0.2, 0) is 20.1 Å². The molecule has 4 N–H and O–H groups in total. The van der Waals surface area contributed by atoms with Gasteiger partial charge in [-0.1, -0.05) is 6.07 Å². The van der Waals surface area contributed by atoms with Gasteiger partial charge in [-0.3, -0.25) is 4.55 Å². The first-order valence-corrected chi connectivity index (χ1v) is 9.81. The lowest BCUT2D eigenvalue weighted by Gasteiger charge is -2.14. The van der Waals surface area contributed by atoms with Gasteiger partial charge in [0.1, 0.15) is 16.5 Å². The number of aromatic hydroxyl groups is 1. The summed E-state index contributed by atoms with van der Waals surface area (Å²) in [7, 11) is -9.28. The van der Waals surface area contributed by atoms with E-state index in [0.29, 0.717) is 6.07 Å². The Morgan fingerprint density at radius 3 is 2.09 bits per heavy atom. The monoisotopic (exact) mass is 473 g/mol. The first-order chi connectivity index (χ1) is 10.4. The summed E-state index contributed by atoms with van der Waals surface area (Å²) >= 11 is 1.59. The van der Waals surface area contributed by atoms with Crippen LogP contribution < -0.4 is 5.14 Å². The Morgan fingerprint density at radius 2 is 1.61 bits per heavy atom. The van der Waals surface area contributed by atoms with Gasteiger partial charge >= 0.3 is 0 Å². The molecule has 2 aromatic rings. The van der Waals surface area contributed by atoms with Gasteiger partial charge in [0.15, 0.2) is 0 Å². The Morgan fingerprint density at radius 1 is 1.04 bits per heavy atom. The molecular formula is C12H9FINO6S2. The summed E-state index contributed by atoms with van der Waals surface area (Å²) in [6, 6.07) is 4.75. The van der Waals surface area contributed by atoms with Crippen molar-refractivity contribution in [3.8, 4) is 16.9 Å². The summed E-state index contributed by atoms with van der Waals surface area (Å²) < 4.78 is 70.1. The summed E-state index contributed by atoms with van der Waals surface area (Å²) in [5, 5.41) is 14.4. The topological polar surface area (TPSA) is 135 Å². The highest BCUT2D eigenvalue weighted by Gasteiger charge is 2.28. The van der Waals surface area contributed by atoms with E-state index in [-0.39, 0.29) is 3.57 Å². The van der Waals surface area contributed by atoms with Crippen molar-refractivity contribution in [1.82, 2.24) is 0 Å². The molecule has 0 aliphatic carbocycles. The molecule has 11 heteroatoms. The van der Waals surface area contributed by atoms with Gasteiger partial charge in [-0.05, 0) is 40.8 Å². The zero-order valence-corrected chi connectivity index (χ0v) is 14.9. The van der Waals surface area contributed by atoms with E-state index in [9.17, 15) is 30.9 Å². The molecule has 7 nitrogen and oxygen atoms in total. The third kappa shape index (κ3) is 3.63. The number of benzene rings is 2. The maximum Gasteiger partial charge on any atom is 0.295 e. The standard InChI is InChI=1S/C12H9FINO6S2/c13-7-4-6(16)5-8(14)11(7)12-9(22(15,17)18)2-1-3-10(12)23(19,20)21/h1-5,16H,(H2,15,17,18)(H,19,20,21). The second kappa shape index (κ2) is 5.98. The predicted octanol–water partition coefficient (Wildman–Crippen LogP) is 1.70. The van der Waals surface area contributed by atoms with Crippen LogP contribution in [0.3, 0.4) is 0 Å². The number of halogens is 2. The van der Waals surface area contributed by atoms with E-state index in [0.717, 1.165) is 24.3 Å². The Kier molecular flexibility index (Phi) is 4.69. The number of nitrogens with two attached hydrogens (primary N) is 1. The Balaban J connectivity index is 3.08. The van der Waals surface area contributed by atoms with Gasteiger partial charge in [-0.15, -0.1) is 0 Å². The van der Waals surface area contributed by atoms with Crippen molar-refractivity contribution in [2.45, 2.75) is 9.79 Å². The van der Waals surface area contributed by atoms with Gasteiger partial charge in [-0.25, -0.2) is 17.9 Å². The molecule has 0 aliphatic heterocycles. The second-order valence-electron chi connectivity index (χ2n) is 4.43. The van der Waals surface area contributed by atoms with Gasteiger partial charge in [0.2, 0.25) is 10.0 Å². The summed E-state index contributed by atoms with van der Waals surface area (Å²) in [4.78, 5) is -1.48. The van der Waals surface area contributed by atoms with Crippen molar-refractivity contribution in [2.24, 2.45) is 5.14 Å². The van der Waals surface area contributed by atoms with Crippen LogP contribution in [0.5, 0.6) is 5.75 Å². The van der Waals surface area contributed by atoms with Crippen molar-refractivity contribution in [3.63, 3.8) is 0 Å². The Bertz CT molecular complexity index is 931. The number of sulfonamides is 1. The number of hydrogen-bond acceptors (Lipinski definition) is 5. The SMILES string of the molecule is NS(=O)(=O)c1cccc(S(=O)(=O)O)c1-c1c(F)cc(O)cc1I. The number of phenolic OH excluding ortho intramolecular Hbond substituents is 1. The smallest absolute Gasteiger partial charge is 0.295 e. The number of rotatable bonds is 3. The molecule has 0 aromatic heterocycles. The third-order valence-corrected chi connectivity index (χ3v) is 5.55. The quantitative estimate of drug-likeness (QED) is 0.459. The van der Waals surface area contributed by atoms with Crippen LogP contribution >= 0.6 is 22.6 Å². The normalized spacial score (nSPS) is 12.3. The average Bonchev–Trinajstić information content (AvgIpc) is 2.35. The van der Waals surface area contributed by atoms with E-state index in [4.69, 9.17) is 5.14 Å². The number of phenols is 1. The first kappa shape index (κ1) is 18.1. The highest BCUT2D eigenvalue weighted by atomic mass is 127. The summed E-state index contributed by atoms with van der Waals surface area (Å²) in [5.74, 6) is -1.51. The lowest BCUT2D eigenvalue weighted by Crippen LogP contribution is -2.16. The molecule has 0 heterocycles. The molecule has 23 heavy (non-hydrogen) atoms. The van der Waals surface area contributed by atoms with Gasteiger partial charge < -0.3 is 5.11 Å². The molecule has 0 amide bonds. The molecule has 0 saturated carbocycles. The predicted molar refractivity (Wildman–Crippen MR) is 87.4 cm³/mol. The zero-order valence-electron chi connectivity index (χ0n) is 11.1. The lowest BCUT2D eigenvalue weighted by molar-refractivity contribution is 0.469. The van der Waals surface area contributed by atoms with Crippen LogP contribution in [0, 0.1) is 9.39 Å². The van der Waals surface area contributed by atoms with Crippen LogP contribution in [0.15, 0.2) is 40.1 Å². The van der Waals surface area contributed by atoms with Gasteiger partial charge in [0, 0.05) is 20.8 Å². The van der Waals surface area contributed by atoms with E-state index >= 15 is 0 Å². The number of hydrogen-bond donors (Lipinski definition) is 3. The second-order valence-corrected chi connectivity index (χ2v) is 8.52. The molecule has 2 aromatic carbocycles. The molecule has 0 radical (unpaired) electrons. The number of primary sulfonamides is 1. The van der Waals surface area contributed by atoms with Crippen LogP contribution in [0.2, 0.25) is 0 Å². The fraction of sp³-hybridized carbons (Fsp3) is 0. The maximum absolute atomic E-state index is 14.3. The first-order valence-electron chi connectivity index (χ1n) is 5.74. The molecule has 2 rings (SSSR count). The van der Waals surface area contributed by atoms with Crippen LogP contribution in [0.1, 0.15) is 0 Å². The highest BCUT2D eigenvalue weighted by molar-refractivity contribution is 14.1. The Labute approximate surface area is 144 Å². The average molecular weight is 473 g/mol. The maximum atomic E-state index is 14.3. The van der Waals surface area contributed by atoms with E-state index in [1.165, 1.54) is 0 Å². The molecule has 0 fully saturated rings. The van der Waals surface area contributed by atoms with Crippen LogP contribution in [0.25, 0.3) is 11.1 Å². The van der Waals surface area contributed by atoms with Crippen molar-refractivity contribution in [3.05, 3.63) is 39.7 Å². The van der Waals surface area contributed by atoms with Crippen molar-refractivity contribution in [1.29, 1.82) is 0 Å².